The molecule has 1 aliphatic heterocycles. The number of aromatic nitrogens is 2. The monoisotopic (exact) mass is 227 g/mol. The highest BCUT2D eigenvalue weighted by Gasteiger charge is 2.17. The van der Waals surface area contributed by atoms with E-state index >= 15 is 0 Å². The van der Waals surface area contributed by atoms with Gasteiger partial charge in [0.15, 0.2) is 0 Å². The van der Waals surface area contributed by atoms with Gasteiger partial charge in [-0.15, -0.1) is 0 Å². The van der Waals surface area contributed by atoms with Crippen molar-refractivity contribution in [1.29, 1.82) is 5.26 Å². The molecule has 2 aromatic rings. The maximum Gasteiger partial charge on any atom is 0.141 e. The van der Waals surface area contributed by atoms with Crippen LogP contribution >= 0.6 is 0 Å². The molecule has 0 unspecified atom stereocenters. The van der Waals surface area contributed by atoms with Gasteiger partial charge >= 0.3 is 0 Å². The first-order chi connectivity index (χ1) is 8.29. The number of halogens is 1. The van der Waals surface area contributed by atoms with Gasteiger partial charge in [0.2, 0.25) is 0 Å². The standard InChI is InChI=1S/C13H10FN3/c14-12-6-9(3-4-10(12)7-15)11-8-16-17-5-1-2-13(11)17/h3-4,6,8H,1-2,5H2. The van der Waals surface area contributed by atoms with E-state index in [0.717, 1.165) is 36.2 Å². The molecule has 2 heterocycles. The van der Waals surface area contributed by atoms with Crippen LogP contribution in [0.1, 0.15) is 17.7 Å². The van der Waals surface area contributed by atoms with Crippen LogP contribution in [-0.4, -0.2) is 9.78 Å². The summed E-state index contributed by atoms with van der Waals surface area (Å²) < 4.78 is 15.5. The van der Waals surface area contributed by atoms with E-state index in [9.17, 15) is 4.39 Å². The Morgan fingerprint density at radius 3 is 3.06 bits per heavy atom. The summed E-state index contributed by atoms with van der Waals surface area (Å²) >= 11 is 0. The number of aryl methyl sites for hydroxylation is 1. The Labute approximate surface area is 98.1 Å². The second kappa shape index (κ2) is 3.70. The predicted octanol–water partition coefficient (Wildman–Crippen LogP) is 2.51. The van der Waals surface area contributed by atoms with Crippen LogP contribution in [0.25, 0.3) is 11.1 Å². The van der Waals surface area contributed by atoms with Crippen LogP contribution in [0.2, 0.25) is 0 Å². The van der Waals surface area contributed by atoms with Gasteiger partial charge in [-0.2, -0.15) is 10.4 Å². The van der Waals surface area contributed by atoms with Crippen LogP contribution in [0.4, 0.5) is 4.39 Å². The van der Waals surface area contributed by atoms with Crippen LogP contribution in [0.15, 0.2) is 24.4 Å². The summed E-state index contributed by atoms with van der Waals surface area (Å²) in [6.45, 7) is 0.939. The summed E-state index contributed by atoms with van der Waals surface area (Å²) in [5.41, 5.74) is 3.02. The van der Waals surface area contributed by atoms with E-state index in [4.69, 9.17) is 5.26 Å². The lowest BCUT2D eigenvalue weighted by molar-refractivity contribution is 0.624. The van der Waals surface area contributed by atoms with Crippen molar-refractivity contribution in [3.63, 3.8) is 0 Å². The van der Waals surface area contributed by atoms with Crippen molar-refractivity contribution in [2.75, 3.05) is 0 Å². The molecule has 0 spiro atoms. The van der Waals surface area contributed by atoms with E-state index in [-0.39, 0.29) is 5.56 Å². The Hall–Kier alpha value is -2.15. The van der Waals surface area contributed by atoms with Crippen LogP contribution in [-0.2, 0) is 13.0 Å². The van der Waals surface area contributed by atoms with E-state index < -0.39 is 5.82 Å². The van der Waals surface area contributed by atoms with Crippen molar-refractivity contribution in [3.8, 4) is 17.2 Å². The average molecular weight is 227 g/mol. The van der Waals surface area contributed by atoms with Gasteiger partial charge in [0, 0.05) is 17.8 Å². The first-order valence-corrected chi connectivity index (χ1v) is 5.54. The third-order valence-electron chi connectivity index (χ3n) is 3.13. The summed E-state index contributed by atoms with van der Waals surface area (Å²) in [5.74, 6) is -0.469. The molecule has 0 N–H and O–H groups in total. The van der Waals surface area contributed by atoms with Gasteiger partial charge in [0.25, 0.3) is 0 Å². The predicted molar refractivity (Wildman–Crippen MR) is 60.7 cm³/mol. The lowest BCUT2D eigenvalue weighted by atomic mass is 10.0. The molecular formula is C13H10FN3. The normalized spacial score (nSPS) is 13.4. The van der Waals surface area contributed by atoms with Crippen LogP contribution < -0.4 is 0 Å². The van der Waals surface area contributed by atoms with Gasteiger partial charge in [0.1, 0.15) is 11.9 Å². The van der Waals surface area contributed by atoms with Crippen molar-refractivity contribution >= 4 is 0 Å². The lowest BCUT2D eigenvalue weighted by Crippen LogP contribution is -1.93. The molecular weight excluding hydrogens is 217 g/mol. The summed E-state index contributed by atoms with van der Waals surface area (Å²) in [6.07, 6.45) is 3.85. The Kier molecular flexibility index (Phi) is 2.19. The van der Waals surface area contributed by atoms with Crippen molar-refractivity contribution in [2.45, 2.75) is 19.4 Å². The summed E-state index contributed by atoms with van der Waals surface area (Å²) in [7, 11) is 0. The lowest BCUT2D eigenvalue weighted by Gasteiger charge is -2.02. The van der Waals surface area contributed by atoms with Gasteiger partial charge in [-0.1, -0.05) is 6.07 Å². The van der Waals surface area contributed by atoms with Crippen LogP contribution in [0.3, 0.4) is 0 Å². The van der Waals surface area contributed by atoms with Gasteiger partial charge in [-0.05, 0) is 30.5 Å². The molecule has 0 amide bonds. The molecule has 3 rings (SSSR count). The molecule has 3 nitrogen and oxygen atoms in total. The zero-order valence-corrected chi connectivity index (χ0v) is 9.15. The quantitative estimate of drug-likeness (QED) is 0.751. The minimum atomic E-state index is -0.469. The zero-order valence-electron chi connectivity index (χ0n) is 9.15. The molecule has 0 fully saturated rings. The molecule has 1 aromatic heterocycles. The van der Waals surface area contributed by atoms with E-state index in [2.05, 4.69) is 5.10 Å². The zero-order chi connectivity index (χ0) is 11.8. The molecule has 0 atom stereocenters. The van der Waals surface area contributed by atoms with Crippen molar-refractivity contribution in [3.05, 3.63) is 41.5 Å². The first-order valence-electron chi connectivity index (χ1n) is 5.54. The SMILES string of the molecule is N#Cc1ccc(-c2cnn3c2CCC3)cc1F. The van der Waals surface area contributed by atoms with Crippen LogP contribution in [0.5, 0.6) is 0 Å². The number of hydrogen-bond acceptors (Lipinski definition) is 2. The van der Waals surface area contributed by atoms with E-state index in [1.807, 2.05) is 10.8 Å². The van der Waals surface area contributed by atoms with E-state index in [0.29, 0.717) is 0 Å². The molecule has 1 aliphatic rings. The van der Waals surface area contributed by atoms with Crippen molar-refractivity contribution in [2.24, 2.45) is 0 Å². The minimum absolute atomic E-state index is 0.0811. The Morgan fingerprint density at radius 2 is 2.29 bits per heavy atom. The topological polar surface area (TPSA) is 41.6 Å². The molecule has 0 saturated heterocycles. The Balaban J connectivity index is 2.10. The number of nitriles is 1. The van der Waals surface area contributed by atoms with Crippen molar-refractivity contribution < 1.29 is 4.39 Å². The molecule has 0 aliphatic carbocycles. The molecule has 17 heavy (non-hydrogen) atoms. The molecule has 1 aromatic carbocycles. The van der Waals surface area contributed by atoms with Gasteiger partial charge in [-0.25, -0.2) is 4.39 Å². The molecule has 0 bridgehead atoms. The summed E-state index contributed by atoms with van der Waals surface area (Å²) in [5, 5.41) is 13.0. The third kappa shape index (κ3) is 1.51. The number of rotatable bonds is 1. The van der Waals surface area contributed by atoms with Gasteiger partial charge in [-0.3, -0.25) is 4.68 Å². The number of fused-ring (bicyclic) bond motifs is 1. The van der Waals surface area contributed by atoms with E-state index in [1.54, 1.807) is 12.3 Å². The van der Waals surface area contributed by atoms with E-state index in [1.165, 1.54) is 12.1 Å². The minimum Gasteiger partial charge on any atom is -0.269 e. The molecule has 4 heteroatoms. The fraction of sp³-hybridized carbons (Fsp3) is 0.231. The fourth-order valence-corrected chi connectivity index (χ4v) is 2.28. The largest absolute Gasteiger partial charge is 0.269 e. The Bertz CT molecular complexity index is 622. The highest BCUT2D eigenvalue weighted by Crippen LogP contribution is 2.29. The number of hydrogen-bond donors (Lipinski definition) is 0. The summed E-state index contributed by atoms with van der Waals surface area (Å²) in [6, 6.07) is 6.53. The highest BCUT2D eigenvalue weighted by atomic mass is 19.1. The molecule has 0 saturated carbocycles. The maximum absolute atomic E-state index is 13.5. The second-order valence-electron chi connectivity index (χ2n) is 4.14. The second-order valence-corrected chi connectivity index (χ2v) is 4.14. The van der Waals surface area contributed by atoms with Gasteiger partial charge < -0.3 is 0 Å². The van der Waals surface area contributed by atoms with Gasteiger partial charge in [0.05, 0.1) is 11.8 Å². The Morgan fingerprint density at radius 1 is 1.41 bits per heavy atom. The van der Waals surface area contributed by atoms with Crippen LogP contribution in [0, 0.1) is 17.1 Å². The first kappa shape index (κ1) is 10.0. The van der Waals surface area contributed by atoms with Crippen molar-refractivity contribution in [1.82, 2.24) is 9.78 Å². The highest BCUT2D eigenvalue weighted by molar-refractivity contribution is 5.66. The maximum atomic E-state index is 13.5. The number of nitrogens with zero attached hydrogens (tertiary/aromatic N) is 3. The smallest absolute Gasteiger partial charge is 0.141 e. The molecule has 0 radical (unpaired) electrons. The average Bonchev–Trinajstić information content (AvgIpc) is 2.90. The summed E-state index contributed by atoms with van der Waals surface area (Å²) in [4.78, 5) is 0. The number of benzene rings is 1. The fourth-order valence-electron chi connectivity index (χ4n) is 2.28. The molecule has 84 valence electrons. The third-order valence-corrected chi connectivity index (χ3v) is 3.13.